The van der Waals surface area contributed by atoms with E-state index >= 15 is 0 Å². The van der Waals surface area contributed by atoms with Crippen molar-refractivity contribution in [2.75, 3.05) is 0 Å². The van der Waals surface area contributed by atoms with Gasteiger partial charge in [0.1, 0.15) is 5.92 Å². The van der Waals surface area contributed by atoms with Crippen LogP contribution in [0.25, 0.3) is 0 Å². The van der Waals surface area contributed by atoms with Crippen LogP contribution in [-0.4, -0.2) is 5.78 Å². The summed E-state index contributed by atoms with van der Waals surface area (Å²) in [6.45, 7) is 3.80. The Hall–Kier alpha value is -2.11. The molecule has 20 heavy (non-hydrogen) atoms. The molecule has 2 aromatic rings. The van der Waals surface area contributed by atoms with E-state index in [4.69, 9.17) is 11.6 Å². The lowest BCUT2D eigenvalue weighted by Gasteiger charge is -2.11. The van der Waals surface area contributed by atoms with Crippen molar-refractivity contribution in [1.82, 2.24) is 0 Å². The molecule has 0 saturated heterocycles. The third kappa shape index (κ3) is 2.89. The second-order valence-corrected chi connectivity index (χ2v) is 5.24. The molecule has 0 fully saturated rings. The molecular weight excluding hydrogens is 270 g/mol. The quantitative estimate of drug-likeness (QED) is 0.781. The minimum atomic E-state index is -0.825. The number of hydrogen-bond donors (Lipinski definition) is 0. The highest BCUT2D eigenvalue weighted by molar-refractivity contribution is 6.30. The molecule has 0 spiro atoms. The number of aryl methyl sites for hydroxylation is 2. The van der Waals surface area contributed by atoms with Gasteiger partial charge in [0.2, 0.25) is 0 Å². The molecule has 0 aromatic heterocycles. The van der Waals surface area contributed by atoms with E-state index in [0.717, 1.165) is 11.1 Å². The first-order valence-electron chi connectivity index (χ1n) is 6.29. The molecule has 2 rings (SSSR count). The average Bonchev–Trinajstić information content (AvgIpc) is 2.42. The highest BCUT2D eigenvalue weighted by Gasteiger charge is 2.23. The fourth-order valence-corrected chi connectivity index (χ4v) is 2.33. The Morgan fingerprint density at radius 3 is 2.60 bits per heavy atom. The van der Waals surface area contributed by atoms with Gasteiger partial charge in [-0.15, -0.1) is 0 Å². The predicted molar refractivity (Wildman–Crippen MR) is 80.1 cm³/mol. The van der Waals surface area contributed by atoms with E-state index in [2.05, 4.69) is 6.07 Å². The van der Waals surface area contributed by atoms with E-state index in [1.807, 2.05) is 32.0 Å². The summed E-state index contributed by atoms with van der Waals surface area (Å²) in [7, 11) is 0. The van der Waals surface area contributed by atoms with E-state index in [-0.39, 0.29) is 5.78 Å². The van der Waals surface area contributed by atoms with Gasteiger partial charge in [-0.25, -0.2) is 0 Å². The van der Waals surface area contributed by atoms with Crippen molar-refractivity contribution in [3.63, 3.8) is 0 Å². The van der Waals surface area contributed by atoms with Gasteiger partial charge in [0.15, 0.2) is 5.78 Å². The fraction of sp³-hybridized carbons (Fsp3) is 0.176. The van der Waals surface area contributed by atoms with Crippen LogP contribution in [0.2, 0.25) is 5.02 Å². The number of halogens is 1. The smallest absolute Gasteiger partial charge is 0.184 e. The first-order chi connectivity index (χ1) is 9.52. The summed E-state index contributed by atoms with van der Waals surface area (Å²) in [5.41, 5.74) is 3.10. The molecule has 3 heteroatoms. The lowest BCUT2D eigenvalue weighted by atomic mass is 9.89. The third-order valence-electron chi connectivity index (χ3n) is 3.23. The monoisotopic (exact) mass is 283 g/mol. The Kier molecular flexibility index (Phi) is 4.22. The first kappa shape index (κ1) is 14.3. The van der Waals surface area contributed by atoms with Gasteiger partial charge in [0.25, 0.3) is 0 Å². The third-order valence-corrected chi connectivity index (χ3v) is 3.47. The first-order valence-corrected chi connectivity index (χ1v) is 6.67. The normalized spacial score (nSPS) is 11.7. The van der Waals surface area contributed by atoms with Crippen LogP contribution in [-0.2, 0) is 0 Å². The van der Waals surface area contributed by atoms with Crippen LogP contribution in [0.1, 0.15) is 33.0 Å². The Balaban J connectivity index is 2.45. The zero-order valence-electron chi connectivity index (χ0n) is 11.4. The van der Waals surface area contributed by atoms with Gasteiger partial charge in [-0.3, -0.25) is 4.79 Å². The van der Waals surface area contributed by atoms with Crippen molar-refractivity contribution < 1.29 is 4.79 Å². The maximum atomic E-state index is 12.6. The van der Waals surface area contributed by atoms with Crippen LogP contribution >= 0.6 is 11.6 Å². The Bertz CT molecular complexity index is 700. The summed E-state index contributed by atoms with van der Waals surface area (Å²) in [6, 6.07) is 14.6. The van der Waals surface area contributed by atoms with Crippen molar-refractivity contribution in [3.05, 3.63) is 69.7 Å². The van der Waals surface area contributed by atoms with Gasteiger partial charge in [-0.2, -0.15) is 5.26 Å². The van der Waals surface area contributed by atoms with Gasteiger partial charge in [0.05, 0.1) is 6.07 Å². The van der Waals surface area contributed by atoms with Crippen LogP contribution < -0.4 is 0 Å². The maximum Gasteiger partial charge on any atom is 0.184 e. The zero-order chi connectivity index (χ0) is 14.7. The van der Waals surface area contributed by atoms with Crippen molar-refractivity contribution in [2.24, 2.45) is 0 Å². The fourth-order valence-electron chi connectivity index (χ4n) is 2.13. The molecule has 0 N–H and O–H groups in total. The minimum Gasteiger partial charge on any atom is -0.292 e. The summed E-state index contributed by atoms with van der Waals surface area (Å²) in [4.78, 5) is 12.6. The molecule has 1 unspecified atom stereocenters. The van der Waals surface area contributed by atoms with Crippen molar-refractivity contribution >= 4 is 17.4 Å². The van der Waals surface area contributed by atoms with E-state index in [1.165, 1.54) is 0 Å². The SMILES string of the molecule is Cc1ccc(C)c(C(=O)C(C#N)c2cccc(Cl)c2)c1. The Morgan fingerprint density at radius 1 is 1.20 bits per heavy atom. The number of ketones is 1. The second kappa shape index (κ2) is 5.90. The summed E-state index contributed by atoms with van der Waals surface area (Å²) in [5.74, 6) is -1.01. The molecule has 0 radical (unpaired) electrons. The van der Waals surface area contributed by atoms with Crippen molar-refractivity contribution in [1.29, 1.82) is 5.26 Å². The summed E-state index contributed by atoms with van der Waals surface area (Å²) < 4.78 is 0. The van der Waals surface area contributed by atoms with Gasteiger partial charge in [-0.05, 0) is 43.2 Å². The van der Waals surface area contributed by atoms with Crippen LogP contribution in [0, 0.1) is 25.2 Å². The van der Waals surface area contributed by atoms with Gasteiger partial charge in [0, 0.05) is 10.6 Å². The van der Waals surface area contributed by atoms with Gasteiger partial charge in [-0.1, -0.05) is 41.4 Å². The molecule has 2 nitrogen and oxygen atoms in total. The zero-order valence-corrected chi connectivity index (χ0v) is 12.1. The number of benzene rings is 2. The predicted octanol–water partition coefficient (Wildman–Crippen LogP) is 4.45. The molecule has 0 heterocycles. The summed E-state index contributed by atoms with van der Waals surface area (Å²) in [6.07, 6.45) is 0. The van der Waals surface area contributed by atoms with E-state index in [0.29, 0.717) is 16.1 Å². The van der Waals surface area contributed by atoms with Crippen LogP contribution in [0.3, 0.4) is 0 Å². The highest BCUT2D eigenvalue weighted by atomic mass is 35.5. The van der Waals surface area contributed by atoms with Crippen molar-refractivity contribution in [2.45, 2.75) is 19.8 Å². The Labute approximate surface area is 123 Å². The molecule has 0 bridgehead atoms. The van der Waals surface area contributed by atoms with E-state index < -0.39 is 5.92 Å². The van der Waals surface area contributed by atoms with Crippen molar-refractivity contribution in [3.8, 4) is 6.07 Å². The molecule has 0 amide bonds. The molecule has 0 saturated carbocycles. The van der Waals surface area contributed by atoms with E-state index in [1.54, 1.807) is 24.3 Å². The largest absolute Gasteiger partial charge is 0.292 e. The number of hydrogen-bond acceptors (Lipinski definition) is 2. The van der Waals surface area contributed by atoms with Crippen LogP contribution in [0.4, 0.5) is 0 Å². The topological polar surface area (TPSA) is 40.9 Å². The molecule has 0 aliphatic rings. The average molecular weight is 284 g/mol. The minimum absolute atomic E-state index is 0.184. The van der Waals surface area contributed by atoms with Gasteiger partial charge < -0.3 is 0 Å². The summed E-state index contributed by atoms with van der Waals surface area (Å²) in [5, 5.41) is 9.87. The molecule has 2 aromatic carbocycles. The number of rotatable bonds is 3. The molecule has 0 aliphatic carbocycles. The summed E-state index contributed by atoms with van der Waals surface area (Å²) >= 11 is 5.93. The number of carbonyl (C=O) groups excluding carboxylic acids is 1. The van der Waals surface area contributed by atoms with Crippen LogP contribution in [0.15, 0.2) is 42.5 Å². The number of nitriles is 1. The lowest BCUT2D eigenvalue weighted by molar-refractivity contribution is 0.0978. The van der Waals surface area contributed by atoms with E-state index in [9.17, 15) is 10.1 Å². The number of carbonyl (C=O) groups is 1. The van der Waals surface area contributed by atoms with Gasteiger partial charge >= 0.3 is 0 Å². The highest BCUT2D eigenvalue weighted by Crippen LogP contribution is 2.25. The standard InChI is InChI=1S/C17H14ClNO/c1-11-6-7-12(2)15(8-11)17(20)16(10-19)13-4-3-5-14(18)9-13/h3-9,16H,1-2H3. The molecule has 100 valence electrons. The molecule has 1 atom stereocenters. The van der Waals surface area contributed by atoms with Crippen LogP contribution in [0.5, 0.6) is 0 Å². The maximum absolute atomic E-state index is 12.6. The number of Topliss-reactive ketones (excluding diaryl/α,β-unsaturated/α-hetero) is 1. The lowest BCUT2D eigenvalue weighted by Crippen LogP contribution is -2.13. The molecule has 0 aliphatic heterocycles. The number of nitrogens with zero attached hydrogens (tertiary/aromatic N) is 1. The Morgan fingerprint density at radius 2 is 1.95 bits per heavy atom. The molecular formula is C17H14ClNO. The second-order valence-electron chi connectivity index (χ2n) is 4.80.